The third-order valence-electron chi connectivity index (χ3n) is 2.53. The van der Waals surface area contributed by atoms with Crippen molar-refractivity contribution in [1.82, 2.24) is 15.2 Å². The molecular formula is C10H13N3O2S. The molecule has 0 spiro atoms. The van der Waals surface area contributed by atoms with Gasteiger partial charge in [-0.3, -0.25) is 9.59 Å². The second kappa shape index (κ2) is 4.61. The van der Waals surface area contributed by atoms with Crippen LogP contribution in [0.2, 0.25) is 0 Å². The van der Waals surface area contributed by atoms with Crippen LogP contribution in [0.25, 0.3) is 0 Å². The molecule has 1 fully saturated rings. The molecule has 0 aromatic carbocycles. The van der Waals surface area contributed by atoms with Crippen molar-refractivity contribution in [1.29, 1.82) is 0 Å². The van der Waals surface area contributed by atoms with E-state index in [1.807, 2.05) is 5.38 Å². The molecule has 1 unspecified atom stereocenters. The van der Waals surface area contributed by atoms with E-state index in [1.165, 1.54) is 11.3 Å². The lowest BCUT2D eigenvalue weighted by Crippen LogP contribution is -2.37. The average Bonchev–Trinajstić information content (AvgIpc) is 2.78. The van der Waals surface area contributed by atoms with Crippen molar-refractivity contribution in [3.8, 4) is 0 Å². The van der Waals surface area contributed by atoms with Gasteiger partial charge in [-0.05, 0) is 0 Å². The molecule has 86 valence electrons. The Balaban J connectivity index is 1.82. The Hall–Kier alpha value is -1.43. The molecule has 2 amide bonds. The van der Waals surface area contributed by atoms with Gasteiger partial charge in [0.1, 0.15) is 0 Å². The number of nitrogens with zero attached hydrogens (tertiary/aromatic N) is 2. The minimum Gasteiger partial charge on any atom is -0.351 e. The Morgan fingerprint density at radius 3 is 3.12 bits per heavy atom. The predicted molar refractivity (Wildman–Crippen MR) is 60.0 cm³/mol. The van der Waals surface area contributed by atoms with Crippen LogP contribution >= 0.6 is 11.3 Å². The number of carbonyl (C=O) groups is 2. The fraction of sp³-hybridized carbons (Fsp3) is 0.500. The van der Waals surface area contributed by atoms with Crippen LogP contribution in [0.15, 0.2) is 10.9 Å². The molecule has 2 rings (SSSR count). The summed E-state index contributed by atoms with van der Waals surface area (Å²) in [5.41, 5.74) is 2.48. The summed E-state index contributed by atoms with van der Waals surface area (Å²) >= 11 is 1.47. The quantitative estimate of drug-likeness (QED) is 0.809. The fourth-order valence-corrected chi connectivity index (χ4v) is 2.29. The lowest BCUT2D eigenvalue weighted by molar-refractivity contribution is -0.126. The molecule has 6 heteroatoms. The Morgan fingerprint density at radius 1 is 1.75 bits per heavy atom. The van der Waals surface area contributed by atoms with Crippen LogP contribution in [0, 0.1) is 0 Å². The molecule has 1 aromatic heterocycles. The first-order valence-electron chi connectivity index (χ1n) is 5.05. The molecule has 0 saturated carbocycles. The van der Waals surface area contributed by atoms with Crippen molar-refractivity contribution in [3.63, 3.8) is 0 Å². The standard InChI is InChI=1S/C10H13N3O2S/c1-13-4-7(3-10(13)15)12-9(14)2-8-5-16-6-11-8/h5-7H,2-4H2,1H3,(H,12,14). The Labute approximate surface area is 97.5 Å². The molecular weight excluding hydrogens is 226 g/mol. The van der Waals surface area contributed by atoms with Crippen molar-refractivity contribution < 1.29 is 9.59 Å². The van der Waals surface area contributed by atoms with Crippen LogP contribution < -0.4 is 5.32 Å². The molecule has 1 aliphatic heterocycles. The molecule has 0 aliphatic carbocycles. The fourth-order valence-electron chi connectivity index (χ4n) is 1.73. The zero-order valence-corrected chi connectivity index (χ0v) is 9.79. The maximum atomic E-state index is 11.6. The van der Waals surface area contributed by atoms with Gasteiger partial charge in [0.05, 0.1) is 23.7 Å². The molecule has 1 atom stereocenters. The van der Waals surface area contributed by atoms with Gasteiger partial charge in [-0.25, -0.2) is 4.98 Å². The van der Waals surface area contributed by atoms with E-state index in [9.17, 15) is 9.59 Å². The van der Waals surface area contributed by atoms with E-state index in [0.717, 1.165) is 5.69 Å². The topological polar surface area (TPSA) is 62.3 Å². The maximum Gasteiger partial charge on any atom is 0.226 e. The van der Waals surface area contributed by atoms with Gasteiger partial charge in [0.25, 0.3) is 0 Å². The number of aromatic nitrogens is 1. The number of amides is 2. The number of rotatable bonds is 3. The van der Waals surface area contributed by atoms with Gasteiger partial charge in [0.15, 0.2) is 0 Å². The van der Waals surface area contributed by atoms with Gasteiger partial charge in [-0.1, -0.05) is 0 Å². The highest BCUT2D eigenvalue weighted by atomic mass is 32.1. The summed E-state index contributed by atoms with van der Waals surface area (Å²) in [5, 5.41) is 4.69. The molecule has 0 bridgehead atoms. The van der Waals surface area contributed by atoms with Gasteiger partial charge in [-0.15, -0.1) is 11.3 Å². The number of hydrogen-bond donors (Lipinski definition) is 1. The second-order valence-corrected chi connectivity index (χ2v) is 4.62. The number of thiazole rings is 1. The lowest BCUT2D eigenvalue weighted by Gasteiger charge is -2.11. The molecule has 1 aromatic rings. The summed E-state index contributed by atoms with van der Waals surface area (Å²) in [6, 6.07) is -0.0522. The highest BCUT2D eigenvalue weighted by Gasteiger charge is 2.27. The molecule has 1 saturated heterocycles. The summed E-state index contributed by atoms with van der Waals surface area (Å²) in [5.74, 6) is 0.0120. The minimum atomic E-state index is -0.0704. The van der Waals surface area contributed by atoms with Gasteiger partial charge in [0, 0.05) is 25.4 Å². The Morgan fingerprint density at radius 2 is 2.56 bits per heavy atom. The van der Waals surface area contributed by atoms with Crippen molar-refractivity contribution in [3.05, 3.63) is 16.6 Å². The first-order valence-corrected chi connectivity index (χ1v) is 6.00. The number of likely N-dealkylation sites (N-methyl/N-ethyl adjacent to an activating group) is 1. The lowest BCUT2D eigenvalue weighted by atomic mass is 10.2. The highest BCUT2D eigenvalue weighted by molar-refractivity contribution is 7.07. The van der Waals surface area contributed by atoms with Gasteiger partial charge < -0.3 is 10.2 Å². The van der Waals surface area contributed by atoms with Crippen LogP contribution in [0.1, 0.15) is 12.1 Å². The second-order valence-electron chi connectivity index (χ2n) is 3.90. The number of likely N-dealkylation sites (tertiary alicyclic amines) is 1. The van der Waals surface area contributed by atoms with E-state index in [1.54, 1.807) is 17.5 Å². The monoisotopic (exact) mass is 239 g/mol. The van der Waals surface area contributed by atoms with Crippen molar-refractivity contribution >= 4 is 23.2 Å². The average molecular weight is 239 g/mol. The van der Waals surface area contributed by atoms with E-state index >= 15 is 0 Å². The third-order valence-corrected chi connectivity index (χ3v) is 3.17. The molecule has 5 nitrogen and oxygen atoms in total. The van der Waals surface area contributed by atoms with E-state index in [-0.39, 0.29) is 24.3 Å². The first kappa shape index (κ1) is 11.1. The minimum absolute atomic E-state index is 0.0522. The zero-order chi connectivity index (χ0) is 11.5. The normalized spacial score (nSPS) is 20.2. The SMILES string of the molecule is CN1CC(NC(=O)Cc2cscn2)CC1=O. The van der Waals surface area contributed by atoms with E-state index in [2.05, 4.69) is 10.3 Å². The first-order chi connectivity index (χ1) is 7.65. The van der Waals surface area contributed by atoms with Crippen molar-refractivity contribution in [2.75, 3.05) is 13.6 Å². The van der Waals surface area contributed by atoms with Crippen LogP contribution in [0.5, 0.6) is 0 Å². The summed E-state index contributed by atoms with van der Waals surface area (Å²) in [7, 11) is 1.74. The van der Waals surface area contributed by atoms with Gasteiger partial charge in [0.2, 0.25) is 11.8 Å². The summed E-state index contributed by atoms with van der Waals surface area (Å²) < 4.78 is 0. The van der Waals surface area contributed by atoms with E-state index < -0.39 is 0 Å². The number of nitrogens with one attached hydrogen (secondary N) is 1. The van der Waals surface area contributed by atoms with Crippen LogP contribution in [0.4, 0.5) is 0 Å². The smallest absolute Gasteiger partial charge is 0.226 e. The molecule has 1 N–H and O–H groups in total. The zero-order valence-electron chi connectivity index (χ0n) is 8.97. The van der Waals surface area contributed by atoms with Crippen LogP contribution in [0.3, 0.4) is 0 Å². The van der Waals surface area contributed by atoms with Crippen LogP contribution in [-0.4, -0.2) is 41.3 Å². The van der Waals surface area contributed by atoms with E-state index in [0.29, 0.717) is 13.0 Å². The Bertz CT molecular complexity index is 391. The number of hydrogen-bond acceptors (Lipinski definition) is 4. The predicted octanol–water partition coefficient (Wildman–Crippen LogP) is 0.0325. The highest BCUT2D eigenvalue weighted by Crippen LogP contribution is 2.09. The summed E-state index contributed by atoms with van der Waals surface area (Å²) in [6.45, 7) is 0.599. The largest absolute Gasteiger partial charge is 0.351 e. The third kappa shape index (κ3) is 2.57. The number of carbonyl (C=O) groups excluding carboxylic acids is 2. The van der Waals surface area contributed by atoms with Gasteiger partial charge >= 0.3 is 0 Å². The molecule has 2 heterocycles. The molecule has 0 radical (unpaired) electrons. The van der Waals surface area contributed by atoms with Crippen LogP contribution in [-0.2, 0) is 16.0 Å². The van der Waals surface area contributed by atoms with Crippen molar-refractivity contribution in [2.45, 2.75) is 18.9 Å². The van der Waals surface area contributed by atoms with Crippen molar-refractivity contribution in [2.24, 2.45) is 0 Å². The summed E-state index contributed by atoms with van der Waals surface area (Å²) in [6.07, 6.45) is 0.692. The molecule has 16 heavy (non-hydrogen) atoms. The molecule has 1 aliphatic rings. The maximum absolute atomic E-state index is 11.6. The van der Waals surface area contributed by atoms with E-state index in [4.69, 9.17) is 0 Å². The Kier molecular flexibility index (Phi) is 3.19. The summed E-state index contributed by atoms with van der Waals surface area (Å²) in [4.78, 5) is 28.5. The van der Waals surface area contributed by atoms with Gasteiger partial charge in [-0.2, -0.15) is 0 Å².